The van der Waals surface area contributed by atoms with Gasteiger partial charge in [-0.05, 0) is 18.8 Å². The van der Waals surface area contributed by atoms with Gasteiger partial charge in [0, 0.05) is 18.8 Å². The fourth-order valence-corrected chi connectivity index (χ4v) is 2.73. The number of hydrogen-bond donors (Lipinski definition) is 1. The van der Waals surface area contributed by atoms with E-state index < -0.39 is 5.97 Å². The zero-order valence-electron chi connectivity index (χ0n) is 11.8. The van der Waals surface area contributed by atoms with Crippen LogP contribution in [0.25, 0.3) is 0 Å². The first-order valence-corrected chi connectivity index (χ1v) is 6.31. The maximum absolute atomic E-state index is 11.8. The number of nitrogen functional groups attached to an aromatic ring is 1. The van der Waals surface area contributed by atoms with Gasteiger partial charge in [-0.2, -0.15) is 4.98 Å². The zero-order valence-corrected chi connectivity index (χ0v) is 11.8. The molecule has 1 aromatic rings. The Morgan fingerprint density at radius 3 is 2.79 bits per heavy atom. The Labute approximate surface area is 113 Å². The van der Waals surface area contributed by atoms with Gasteiger partial charge in [-0.1, -0.05) is 13.8 Å². The first kappa shape index (κ1) is 13.6. The van der Waals surface area contributed by atoms with E-state index in [2.05, 4.69) is 35.6 Å². The van der Waals surface area contributed by atoms with Crippen LogP contribution in [0.3, 0.4) is 0 Å². The average Bonchev–Trinajstić information content (AvgIpc) is 2.61. The van der Waals surface area contributed by atoms with Gasteiger partial charge in [-0.15, -0.1) is 0 Å². The fraction of sp³-hybridized carbons (Fsp3) is 0.615. The molecule has 0 saturated carbocycles. The van der Waals surface area contributed by atoms with Gasteiger partial charge >= 0.3 is 5.97 Å². The third-order valence-corrected chi connectivity index (χ3v) is 3.44. The summed E-state index contributed by atoms with van der Waals surface area (Å²) in [6.45, 7) is 7.35. The lowest BCUT2D eigenvalue weighted by molar-refractivity contribution is 0.0600. The number of carbonyl (C=O) groups excluding carboxylic acids is 1. The second kappa shape index (κ2) is 4.68. The molecule has 1 atom stereocenters. The van der Waals surface area contributed by atoms with Crippen LogP contribution in [0.2, 0.25) is 0 Å². The highest BCUT2D eigenvalue weighted by molar-refractivity contribution is 5.94. The summed E-state index contributed by atoms with van der Waals surface area (Å²) in [6.07, 6.45) is 2.47. The van der Waals surface area contributed by atoms with Gasteiger partial charge < -0.3 is 15.4 Å². The van der Waals surface area contributed by atoms with Crippen LogP contribution in [0.4, 0.5) is 11.8 Å². The summed E-state index contributed by atoms with van der Waals surface area (Å²) in [6, 6.07) is 0.299. The summed E-state index contributed by atoms with van der Waals surface area (Å²) in [7, 11) is 1.35. The van der Waals surface area contributed by atoms with Crippen LogP contribution >= 0.6 is 0 Å². The monoisotopic (exact) mass is 264 g/mol. The zero-order chi connectivity index (χ0) is 14.2. The topological polar surface area (TPSA) is 81.3 Å². The highest BCUT2D eigenvalue weighted by Gasteiger charge is 2.37. The summed E-state index contributed by atoms with van der Waals surface area (Å²) in [5.41, 5.74) is 6.20. The Hall–Kier alpha value is -1.85. The third-order valence-electron chi connectivity index (χ3n) is 3.44. The number of carbonyl (C=O) groups is 1. The van der Waals surface area contributed by atoms with Gasteiger partial charge in [0.05, 0.1) is 7.11 Å². The summed E-state index contributed by atoms with van der Waals surface area (Å²) in [5.74, 6) is 0.295. The molecule has 0 radical (unpaired) electrons. The van der Waals surface area contributed by atoms with Crippen molar-refractivity contribution < 1.29 is 9.53 Å². The Morgan fingerprint density at radius 1 is 1.58 bits per heavy atom. The average molecular weight is 264 g/mol. The van der Waals surface area contributed by atoms with Crippen molar-refractivity contribution in [2.45, 2.75) is 33.2 Å². The largest absolute Gasteiger partial charge is 0.465 e. The van der Waals surface area contributed by atoms with Gasteiger partial charge in [-0.3, -0.25) is 0 Å². The molecule has 2 rings (SSSR count). The SMILES string of the molecule is COC(=O)c1cnc(N)nc1N1CC(C)(C)CC1C. The lowest BCUT2D eigenvalue weighted by Gasteiger charge is -2.25. The molecule has 1 unspecified atom stereocenters. The molecule has 1 aromatic heterocycles. The lowest BCUT2D eigenvalue weighted by atomic mass is 9.91. The van der Waals surface area contributed by atoms with Crippen LogP contribution in [-0.2, 0) is 4.74 Å². The van der Waals surface area contributed by atoms with Crippen molar-refractivity contribution >= 4 is 17.7 Å². The molecule has 0 spiro atoms. The molecular formula is C13H20N4O2. The Kier molecular flexibility index (Phi) is 3.34. The molecule has 19 heavy (non-hydrogen) atoms. The third kappa shape index (κ3) is 2.62. The second-order valence-corrected chi connectivity index (χ2v) is 5.80. The Morgan fingerprint density at radius 2 is 2.26 bits per heavy atom. The molecule has 6 nitrogen and oxygen atoms in total. The van der Waals surface area contributed by atoms with E-state index in [1.807, 2.05) is 0 Å². The minimum Gasteiger partial charge on any atom is -0.465 e. The van der Waals surface area contributed by atoms with E-state index in [0.717, 1.165) is 13.0 Å². The normalized spacial score (nSPS) is 21.5. The van der Waals surface area contributed by atoms with Crippen LogP contribution in [0.1, 0.15) is 37.6 Å². The highest BCUT2D eigenvalue weighted by Crippen LogP contribution is 2.37. The van der Waals surface area contributed by atoms with Crippen LogP contribution in [-0.4, -0.2) is 35.6 Å². The van der Waals surface area contributed by atoms with E-state index in [9.17, 15) is 4.79 Å². The number of rotatable bonds is 2. The minimum absolute atomic E-state index is 0.166. The van der Waals surface area contributed by atoms with E-state index in [-0.39, 0.29) is 11.4 Å². The maximum Gasteiger partial charge on any atom is 0.343 e. The van der Waals surface area contributed by atoms with Crippen molar-refractivity contribution in [1.82, 2.24) is 9.97 Å². The van der Waals surface area contributed by atoms with Crippen molar-refractivity contribution in [3.63, 3.8) is 0 Å². The molecule has 6 heteroatoms. The van der Waals surface area contributed by atoms with Crippen LogP contribution < -0.4 is 10.6 Å². The fourth-order valence-electron chi connectivity index (χ4n) is 2.73. The standard InChI is InChI=1S/C13H20N4O2/c1-8-5-13(2,3)7-17(8)10-9(11(18)19-4)6-15-12(14)16-10/h6,8H,5,7H2,1-4H3,(H2,14,15,16). The van der Waals surface area contributed by atoms with Crippen LogP contribution in [0.15, 0.2) is 6.20 Å². The van der Waals surface area contributed by atoms with Crippen molar-refractivity contribution in [1.29, 1.82) is 0 Å². The van der Waals surface area contributed by atoms with Gasteiger partial charge in [0.2, 0.25) is 5.95 Å². The van der Waals surface area contributed by atoms with E-state index in [1.165, 1.54) is 13.3 Å². The van der Waals surface area contributed by atoms with Gasteiger partial charge in [0.1, 0.15) is 11.4 Å². The van der Waals surface area contributed by atoms with Crippen molar-refractivity contribution in [2.24, 2.45) is 5.41 Å². The molecule has 2 N–H and O–H groups in total. The summed E-state index contributed by atoms with van der Waals surface area (Å²) in [5, 5.41) is 0. The predicted molar refractivity (Wildman–Crippen MR) is 73.0 cm³/mol. The molecule has 0 amide bonds. The first-order chi connectivity index (χ1) is 8.84. The molecule has 0 aromatic carbocycles. The van der Waals surface area contributed by atoms with Gasteiger partial charge in [0.15, 0.2) is 0 Å². The number of nitrogens with two attached hydrogens (primary N) is 1. The van der Waals surface area contributed by atoms with E-state index in [0.29, 0.717) is 17.4 Å². The second-order valence-electron chi connectivity index (χ2n) is 5.80. The molecule has 104 valence electrons. The molecule has 1 saturated heterocycles. The molecule has 1 fully saturated rings. The molecule has 0 aliphatic carbocycles. The number of methoxy groups -OCH3 is 1. The van der Waals surface area contributed by atoms with Crippen LogP contribution in [0.5, 0.6) is 0 Å². The van der Waals surface area contributed by atoms with E-state index in [1.54, 1.807) is 0 Å². The number of hydrogen-bond acceptors (Lipinski definition) is 6. The smallest absolute Gasteiger partial charge is 0.343 e. The quantitative estimate of drug-likeness (QED) is 0.815. The van der Waals surface area contributed by atoms with Crippen molar-refractivity contribution in [3.8, 4) is 0 Å². The number of ether oxygens (including phenoxy) is 1. The molecule has 0 bridgehead atoms. The van der Waals surface area contributed by atoms with Crippen molar-refractivity contribution in [3.05, 3.63) is 11.8 Å². The summed E-state index contributed by atoms with van der Waals surface area (Å²) in [4.78, 5) is 22.0. The Balaban J connectivity index is 2.44. The van der Waals surface area contributed by atoms with Crippen LogP contribution in [0, 0.1) is 5.41 Å². The molecule has 2 heterocycles. The highest BCUT2D eigenvalue weighted by atomic mass is 16.5. The summed E-state index contributed by atoms with van der Waals surface area (Å²) >= 11 is 0. The predicted octanol–water partition coefficient (Wildman–Crippen LogP) is 1.47. The van der Waals surface area contributed by atoms with E-state index >= 15 is 0 Å². The molecule has 1 aliphatic heterocycles. The maximum atomic E-state index is 11.8. The van der Waals surface area contributed by atoms with Crippen molar-refractivity contribution in [2.75, 3.05) is 24.3 Å². The lowest BCUT2D eigenvalue weighted by Crippen LogP contribution is -2.31. The Bertz CT molecular complexity index is 501. The van der Waals surface area contributed by atoms with Gasteiger partial charge in [0.25, 0.3) is 0 Å². The number of aromatic nitrogens is 2. The van der Waals surface area contributed by atoms with E-state index in [4.69, 9.17) is 10.5 Å². The van der Waals surface area contributed by atoms with Gasteiger partial charge in [-0.25, -0.2) is 9.78 Å². The number of esters is 1. The summed E-state index contributed by atoms with van der Waals surface area (Å²) < 4.78 is 4.78. The molecule has 1 aliphatic rings. The first-order valence-electron chi connectivity index (χ1n) is 6.31. The minimum atomic E-state index is -0.438. The number of anilines is 2. The number of nitrogens with zero attached hydrogens (tertiary/aromatic N) is 3. The molecular weight excluding hydrogens is 244 g/mol.